The maximum atomic E-state index is 15.6. The van der Waals surface area contributed by atoms with Gasteiger partial charge in [0.1, 0.15) is 5.54 Å². The summed E-state index contributed by atoms with van der Waals surface area (Å²) in [7, 11) is 4.05. The van der Waals surface area contributed by atoms with Gasteiger partial charge in [-0.15, -0.1) is 0 Å². The molecule has 9 nitrogen and oxygen atoms in total. The highest BCUT2D eigenvalue weighted by molar-refractivity contribution is 5.92. The van der Waals surface area contributed by atoms with Crippen molar-refractivity contribution in [2.24, 2.45) is 17.8 Å². The maximum absolute atomic E-state index is 15.6. The highest BCUT2D eigenvalue weighted by Crippen LogP contribution is 2.44. The number of nitrogens with zero attached hydrogens (tertiary/aromatic N) is 2. The fourth-order valence-corrected chi connectivity index (χ4v) is 10.6. The monoisotopic (exact) mass is 986 g/mol. The van der Waals surface area contributed by atoms with E-state index in [0.717, 1.165) is 122 Å². The summed E-state index contributed by atoms with van der Waals surface area (Å²) < 4.78 is 11.8. The van der Waals surface area contributed by atoms with E-state index in [0.29, 0.717) is 76.0 Å². The van der Waals surface area contributed by atoms with E-state index < -0.39 is 11.1 Å². The van der Waals surface area contributed by atoms with Gasteiger partial charge in [-0.2, -0.15) is 0 Å². The lowest BCUT2D eigenvalue weighted by Crippen LogP contribution is -2.65. The molecular weight excluding hydrogens is 883 g/mol. The van der Waals surface area contributed by atoms with Crippen molar-refractivity contribution in [1.82, 2.24) is 15.1 Å². The normalized spacial score (nSPS) is 17.5. The lowest BCUT2D eigenvalue weighted by atomic mass is 9.76. The minimum absolute atomic E-state index is 0.0766. The number of esters is 2. The van der Waals surface area contributed by atoms with Gasteiger partial charge >= 0.3 is 11.9 Å². The van der Waals surface area contributed by atoms with Crippen LogP contribution in [0.5, 0.6) is 0 Å². The van der Waals surface area contributed by atoms with E-state index in [-0.39, 0.29) is 43.0 Å². The number of amides is 2. The predicted molar refractivity (Wildman–Crippen MR) is 298 cm³/mol. The lowest BCUT2D eigenvalue weighted by Gasteiger charge is -2.47. The van der Waals surface area contributed by atoms with Crippen LogP contribution in [0.3, 0.4) is 0 Å². The summed E-state index contributed by atoms with van der Waals surface area (Å²) >= 11 is 0. The Kier molecular flexibility index (Phi) is 34.3. The molecule has 0 aromatic rings. The molecule has 71 heavy (non-hydrogen) atoms. The summed E-state index contributed by atoms with van der Waals surface area (Å²) in [6, 6.07) is 0. The first kappa shape index (κ1) is 63.1. The van der Waals surface area contributed by atoms with Crippen molar-refractivity contribution in [3.63, 3.8) is 0 Å². The number of allylic oxidation sites excluding steroid dienone is 12. The minimum atomic E-state index is -1.28. The summed E-state index contributed by atoms with van der Waals surface area (Å²) in [4.78, 5) is 61.4. The molecule has 0 aliphatic heterocycles. The third-order valence-electron chi connectivity index (χ3n) is 14.1. The Labute approximate surface area is 434 Å². The molecule has 1 fully saturated rings. The van der Waals surface area contributed by atoms with E-state index in [1.165, 1.54) is 5.57 Å². The largest absolute Gasteiger partial charge is 0.465 e. The summed E-state index contributed by atoms with van der Waals surface area (Å²) in [6.45, 7) is 15.0. The maximum Gasteiger partial charge on any atom is 0.305 e. The van der Waals surface area contributed by atoms with E-state index in [2.05, 4.69) is 131 Å². The first-order valence-corrected chi connectivity index (χ1v) is 28.5. The van der Waals surface area contributed by atoms with E-state index in [1.807, 2.05) is 19.0 Å². The standard InChI is InChI=1S/C62H103N3O6/c1-9-14-15-16-17-18-19-20-21-22-23-24-25-26-27-28-29-30-31-39-57(66)65(47-34-46-64(7)8)62(43-32-40-58(67)70-51-54(35-10-2)36-11-3,44-33-41-59(68)71-52-55(37-12-4)38-13-5)60(69)63-61-45-42-56(50-61)48-53(6)49-61/h14-15,17-18,20-21,23-24,26-27,29-30,42,53-55H,9-13,16,19,22,25,28,31-41,43-52H2,1-8H3,(H,63,69)/b15-14-,18-17-,21-20-,24-23-,27-26-,30-29-. The Balaban J connectivity index is 2.35. The fraction of sp³-hybridized carbons (Fsp3) is 0.710. The van der Waals surface area contributed by atoms with E-state index in [4.69, 9.17) is 9.47 Å². The average molecular weight is 987 g/mol. The number of ether oxygens (including phenoxy) is 2. The number of rotatable bonds is 41. The molecule has 0 radical (unpaired) electrons. The van der Waals surface area contributed by atoms with Crippen molar-refractivity contribution in [3.8, 4) is 0 Å². The van der Waals surface area contributed by atoms with Crippen LogP contribution < -0.4 is 5.32 Å². The zero-order valence-electron chi connectivity index (χ0n) is 46.5. The van der Waals surface area contributed by atoms with Gasteiger partial charge in [0.15, 0.2) is 0 Å². The molecule has 2 aliphatic rings. The van der Waals surface area contributed by atoms with Crippen molar-refractivity contribution >= 4 is 23.8 Å². The molecule has 0 spiro atoms. The second-order valence-electron chi connectivity index (χ2n) is 21.1. The summed E-state index contributed by atoms with van der Waals surface area (Å²) in [5.74, 6) is 0.350. The number of carbonyl (C=O) groups excluding carboxylic acids is 4. The molecule has 2 unspecified atom stereocenters. The van der Waals surface area contributed by atoms with Crippen molar-refractivity contribution in [1.29, 1.82) is 0 Å². The molecule has 0 aromatic heterocycles. The fourth-order valence-electron chi connectivity index (χ4n) is 10.6. The van der Waals surface area contributed by atoms with Crippen molar-refractivity contribution < 1.29 is 28.7 Å². The van der Waals surface area contributed by atoms with Crippen molar-refractivity contribution in [2.75, 3.05) is 40.4 Å². The van der Waals surface area contributed by atoms with Crippen LogP contribution in [0.15, 0.2) is 84.6 Å². The molecule has 2 amide bonds. The Bertz CT molecular complexity index is 1660. The Morgan fingerprint density at radius 3 is 1.58 bits per heavy atom. The number of fused-ring (bicyclic) bond motifs is 2. The Morgan fingerprint density at radius 1 is 0.662 bits per heavy atom. The van der Waals surface area contributed by atoms with E-state index >= 15 is 4.79 Å². The molecule has 0 heterocycles. The van der Waals surface area contributed by atoms with Gasteiger partial charge in [0.05, 0.1) is 13.2 Å². The first-order chi connectivity index (χ1) is 34.4. The summed E-state index contributed by atoms with van der Waals surface area (Å²) in [5, 5.41) is 3.61. The molecule has 2 aliphatic carbocycles. The molecule has 0 saturated heterocycles. The van der Waals surface area contributed by atoms with Crippen LogP contribution in [0.1, 0.15) is 215 Å². The zero-order chi connectivity index (χ0) is 52.0. The molecule has 2 rings (SSSR count). The molecule has 0 aromatic carbocycles. The smallest absolute Gasteiger partial charge is 0.305 e. The van der Waals surface area contributed by atoms with Crippen LogP contribution in [0.2, 0.25) is 0 Å². The predicted octanol–water partition coefficient (Wildman–Crippen LogP) is 14.8. The van der Waals surface area contributed by atoms with Crippen LogP contribution in [0.4, 0.5) is 0 Å². The van der Waals surface area contributed by atoms with Gasteiger partial charge in [-0.25, -0.2) is 0 Å². The van der Waals surface area contributed by atoms with Gasteiger partial charge < -0.3 is 24.6 Å². The average Bonchev–Trinajstić information content (AvgIpc) is 3.64. The molecule has 2 bridgehead atoms. The molecule has 9 heteroatoms. The van der Waals surface area contributed by atoms with E-state index in [9.17, 15) is 14.4 Å². The van der Waals surface area contributed by atoms with Crippen LogP contribution in [-0.2, 0) is 28.7 Å². The second-order valence-corrected chi connectivity index (χ2v) is 21.1. The molecule has 1 N–H and O–H groups in total. The Hall–Kier alpha value is -3.98. The molecular formula is C62H103N3O6. The van der Waals surface area contributed by atoms with Gasteiger partial charge in [0.2, 0.25) is 11.8 Å². The van der Waals surface area contributed by atoms with Crippen LogP contribution in [0.25, 0.3) is 0 Å². The second kappa shape index (κ2) is 38.6. The van der Waals surface area contributed by atoms with Crippen molar-refractivity contribution in [3.05, 3.63) is 84.6 Å². The third kappa shape index (κ3) is 27.0. The highest BCUT2D eigenvalue weighted by atomic mass is 16.5. The van der Waals surface area contributed by atoms with Crippen LogP contribution in [-0.4, -0.2) is 85.0 Å². The number of hydrogen-bond donors (Lipinski definition) is 1. The SMILES string of the molecule is CC/C=C\C/C=C\C/C=C\C/C=C\C/C=C\C/C=C\CCC(=O)N(CCCN(C)C)C(CCCC(=O)OCC(CCC)CCC)(CCCC(=O)OCC(CCC)CCC)C(=O)NC12CC=C(CC(C)C1)C2. The highest BCUT2D eigenvalue weighted by Gasteiger charge is 2.50. The number of hydrogen-bond acceptors (Lipinski definition) is 7. The van der Waals surface area contributed by atoms with Crippen molar-refractivity contribution in [2.45, 2.75) is 226 Å². The quantitative estimate of drug-likeness (QED) is 0.0480. The van der Waals surface area contributed by atoms with E-state index in [1.54, 1.807) is 0 Å². The van der Waals surface area contributed by atoms with Crippen LogP contribution in [0, 0.1) is 17.8 Å². The number of carbonyl (C=O) groups is 4. The van der Waals surface area contributed by atoms with Gasteiger partial charge in [-0.1, -0.05) is 152 Å². The lowest BCUT2D eigenvalue weighted by molar-refractivity contribution is -0.152. The number of nitrogens with one attached hydrogen (secondary N) is 1. The Morgan fingerprint density at radius 2 is 1.13 bits per heavy atom. The molecule has 2 atom stereocenters. The van der Waals surface area contributed by atoms with Crippen LogP contribution >= 0.6 is 0 Å². The zero-order valence-corrected chi connectivity index (χ0v) is 46.5. The van der Waals surface area contributed by atoms with Gasteiger partial charge in [0, 0.05) is 31.3 Å². The van der Waals surface area contributed by atoms with Gasteiger partial charge in [0.25, 0.3) is 0 Å². The van der Waals surface area contributed by atoms with Gasteiger partial charge in [-0.05, 0) is 167 Å². The molecule has 1 saturated carbocycles. The topological polar surface area (TPSA) is 105 Å². The first-order valence-electron chi connectivity index (χ1n) is 28.5. The van der Waals surface area contributed by atoms with Gasteiger partial charge in [-0.3, -0.25) is 19.2 Å². The summed E-state index contributed by atoms with van der Waals surface area (Å²) in [6.07, 6.45) is 49.0. The minimum Gasteiger partial charge on any atom is -0.465 e. The summed E-state index contributed by atoms with van der Waals surface area (Å²) in [5.41, 5.74) is -0.288. The molecule has 402 valence electrons. The third-order valence-corrected chi connectivity index (χ3v) is 14.1.